The Kier molecular flexibility index (Phi) is 4.59. The van der Waals surface area contributed by atoms with Crippen LogP contribution in [0.3, 0.4) is 0 Å². The molecule has 0 saturated carbocycles. The fraction of sp³-hybridized carbons (Fsp3) is 0.923. The summed E-state index contributed by atoms with van der Waals surface area (Å²) in [5, 5.41) is 6.26. The van der Waals surface area contributed by atoms with Crippen LogP contribution >= 0.6 is 0 Å². The quantitative estimate of drug-likeness (QED) is 0.735. The van der Waals surface area contributed by atoms with Gasteiger partial charge in [-0.1, -0.05) is 6.92 Å². The summed E-state index contributed by atoms with van der Waals surface area (Å²) in [5.41, 5.74) is 0.248. The zero-order valence-electron chi connectivity index (χ0n) is 11.5. The molecule has 1 unspecified atom stereocenters. The molecule has 2 aliphatic rings. The zero-order chi connectivity index (χ0) is 13.0. The van der Waals surface area contributed by atoms with Crippen molar-refractivity contribution in [2.45, 2.75) is 25.8 Å². The molecular weight excluding hydrogens is 230 g/mol. The molecule has 1 amide bonds. The fourth-order valence-corrected chi connectivity index (χ4v) is 2.49. The molecular formula is C13H25N3O2. The highest BCUT2D eigenvalue weighted by Gasteiger charge is 2.30. The summed E-state index contributed by atoms with van der Waals surface area (Å²) < 4.78 is 5.30. The third kappa shape index (κ3) is 3.67. The number of carbonyl (C=O) groups excluding carboxylic acids is 1. The van der Waals surface area contributed by atoms with Gasteiger partial charge in [0, 0.05) is 13.1 Å². The molecule has 2 aliphatic heterocycles. The van der Waals surface area contributed by atoms with E-state index in [0.717, 1.165) is 39.0 Å². The monoisotopic (exact) mass is 255 g/mol. The van der Waals surface area contributed by atoms with E-state index in [2.05, 4.69) is 29.5 Å². The van der Waals surface area contributed by atoms with Crippen LogP contribution in [0.4, 0.5) is 0 Å². The highest BCUT2D eigenvalue weighted by Crippen LogP contribution is 2.29. The first-order chi connectivity index (χ1) is 8.59. The summed E-state index contributed by atoms with van der Waals surface area (Å²) in [5.74, 6) is 0.0786. The van der Waals surface area contributed by atoms with Crippen LogP contribution < -0.4 is 10.6 Å². The molecule has 2 saturated heterocycles. The number of hydrogen-bond donors (Lipinski definition) is 2. The Labute approximate surface area is 109 Å². The van der Waals surface area contributed by atoms with Crippen LogP contribution in [0.25, 0.3) is 0 Å². The van der Waals surface area contributed by atoms with Crippen molar-refractivity contribution in [2.75, 3.05) is 46.4 Å². The number of piperidine rings is 1. The lowest BCUT2D eigenvalue weighted by Gasteiger charge is -2.38. The van der Waals surface area contributed by atoms with Crippen molar-refractivity contribution >= 4 is 5.91 Å². The molecule has 5 nitrogen and oxygen atoms in total. The third-order valence-electron chi connectivity index (χ3n) is 4.12. The number of nitrogens with one attached hydrogen (secondary N) is 2. The fourth-order valence-electron chi connectivity index (χ4n) is 2.49. The normalized spacial score (nSPS) is 28.9. The van der Waals surface area contributed by atoms with E-state index >= 15 is 0 Å². The van der Waals surface area contributed by atoms with E-state index in [0.29, 0.717) is 13.2 Å². The van der Waals surface area contributed by atoms with Crippen LogP contribution in [0, 0.1) is 5.41 Å². The van der Waals surface area contributed by atoms with Crippen molar-refractivity contribution in [1.29, 1.82) is 0 Å². The lowest BCUT2D eigenvalue weighted by molar-refractivity contribution is -0.126. The predicted octanol–water partition coefficient (Wildman–Crippen LogP) is -0.177. The minimum absolute atomic E-state index is 0.0786. The number of rotatable bonds is 3. The first kappa shape index (κ1) is 13.8. The first-order valence-corrected chi connectivity index (χ1v) is 6.86. The van der Waals surface area contributed by atoms with Crippen LogP contribution in [-0.4, -0.2) is 63.3 Å². The Balaban J connectivity index is 1.74. The Bertz CT molecular complexity index is 282. The van der Waals surface area contributed by atoms with Gasteiger partial charge in [-0.05, 0) is 38.4 Å². The van der Waals surface area contributed by atoms with Gasteiger partial charge in [-0.15, -0.1) is 0 Å². The average Bonchev–Trinajstić information content (AvgIpc) is 2.41. The van der Waals surface area contributed by atoms with Crippen molar-refractivity contribution in [3.63, 3.8) is 0 Å². The zero-order valence-corrected chi connectivity index (χ0v) is 11.5. The van der Waals surface area contributed by atoms with Gasteiger partial charge in [0.15, 0.2) is 0 Å². The maximum Gasteiger partial charge on any atom is 0.239 e. The highest BCUT2D eigenvalue weighted by atomic mass is 16.5. The van der Waals surface area contributed by atoms with Gasteiger partial charge < -0.3 is 20.3 Å². The Morgan fingerprint density at radius 3 is 2.83 bits per heavy atom. The second kappa shape index (κ2) is 5.99. The molecule has 0 aromatic carbocycles. The molecule has 18 heavy (non-hydrogen) atoms. The molecule has 5 heteroatoms. The van der Waals surface area contributed by atoms with E-state index in [4.69, 9.17) is 4.74 Å². The lowest BCUT2D eigenvalue weighted by atomic mass is 9.80. The Hall–Kier alpha value is -0.650. The SMILES string of the molecule is CN1CCC(C)(CNC(=O)C2COCCN2)CC1. The van der Waals surface area contributed by atoms with Gasteiger partial charge in [0.25, 0.3) is 0 Å². The number of nitrogens with zero attached hydrogens (tertiary/aromatic N) is 1. The number of carbonyl (C=O) groups is 1. The molecule has 0 aromatic heterocycles. The number of ether oxygens (including phenoxy) is 1. The maximum atomic E-state index is 12.0. The Morgan fingerprint density at radius 1 is 1.50 bits per heavy atom. The average molecular weight is 255 g/mol. The molecule has 0 radical (unpaired) electrons. The number of amides is 1. The van der Waals surface area contributed by atoms with Crippen LogP contribution in [0.5, 0.6) is 0 Å². The van der Waals surface area contributed by atoms with Gasteiger partial charge in [-0.3, -0.25) is 4.79 Å². The van der Waals surface area contributed by atoms with E-state index in [-0.39, 0.29) is 17.4 Å². The molecule has 2 N–H and O–H groups in total. The van der Waals surface area contributed by atoms with Crippen molar-refractivity contribution in [1.82, 2.24) is 15.5 Å². The van der Waals surface area contributed by atoms with Crippen LogP contribution in [0.15, 0.2) is 0 Å². The van der Waals surface area contributed by atoms with E-state index in [1.165, 1.54) is 0 Å². The van der Waals surface area contributed by atoms with Crippen molar-refractivity contribution in [2.24, 2.45) is 5.41 Å². The number of morpholine rings is 1. The van der Waals surface area contributed by atoms with Gasteiger partial charge in [-0.25, -0.2) is 0 Å². The summed E-state index contributed by atoms with van der Waals surface area (Å²) >= 11 is 0. The summed E-state index contributed by atoms with van der Waals surface area (Å²) in [6.45, 7) is 7.25. The van der Waals surface area contributed by atoms with Gasteiger partial charge in [0.1, 0.15) is 6.04 Å². The van der Waals surface area contributed by atoms with Gasteiger partial charge >= 0.3 is 0 Å². The van der Waals surface area contributed by atoms with Crippen LogP contribution in [0.2, 0.25) is 0 Å². The van der Waals surface area contributed by atoms with Gasteiger partial charge in [-0.2, -0.15) is 0 Å². The lowest BCUT2D eigenvalue weighted by Crippen LogP contribution is -2.53. The number of hydrogen-bond acceptors (Lipinski definition) is 4. The third-order valence-corrected chi connectivity index (χ3v) is 4.12. The minimum atomic E-state index is -0.173. The highest BCUT2D eigenvalue weighted by molar-refractivity contribution is 5.82. The van der Waals surface area contributed by atoms with Crippen molar-refractivity contribution in [3.8, 4) is 0 Å². The molecule has 2 fully saturated rings. The molecule has 0 aliphatic carbocycles. The molecule has 2 heterocycles. The summed E-state index contributed by atoms with van der Waals surface area (Å²) in [7, 11) is 2.15. The molecule has 104 valence electrons. The molecule has 1 atom stereocenters. The topological polar surface area (TPSA) is 53.6 Å². The molecule has 0 spiro atoms. The molecule has 0 aromatic rings. The summed E-state index contributed by atoms with van der Waals surface area (Å²) in [6.07, 6.45) is 2.30. The molecule has 0 bridgehead atoms. The van der Waals surface area contributed by atoms with Crippen LogP contribution in [-0.2, 0) is 9.53 Å². The van der Waals surface area contributed by atoms with Crippen molar-refractivity contribution < 1.29 is 9.53 Å². The number of likely N-dealkylation sites (tertiary alicyclic amines) is 1. The Morgan fingerprint density at radius 2 is 2.22 bits per heavy atom. The maximum absolute atomic E-state index is 12.0. The predicted molar refractivity (Wildman–Crippen MR) is 70.5 cm³/mol. The van der Waals surface area contributed by atoms with E-state index in [1.807, 2.05) is 0 Å². The molecule has 2 rings (SSSR count). The largest absolute Gasteiger partial charge is 0.378 e. The second-order valence-electron chi connectivity index (χ2n) is 5.91. The van der Waals surface area contributed by atoms with Gasteiger partial charge in [0.05, 0.1) is 13.2 Å². The second-order valence-corrected chi connectivity index (χ2v) is 5.91. The van der Waals surface area contributed by atoms with Gasteiger partial charge in [0.2, 0.25) is 5.91 Å². The van der Waals surface area contributed by atoms with E-state index in [1.54, 1.807) is 0 Å². The summed E-state index contributed by atoms with van der Waals surface area (Å²) in [4.78, 5) is 14.3. The van der Waals surface area contributed by atoms with E-state index < -0.39 is 0 Å². The van der Waals surface area contributed by atoms with Crippen LogP contribution in [0.1, 0.15) is 19.8 Å². The first-order valence-electron chi connectivity index (χ1n) is 6.86. The minimum Gasteiger partial charge on any atom is -0.378 e. The standard InChI is InChI=1S/C13H25N3O2/c1-13(3-6-16(2)7-4-13)10-15-12(17)11-9-18-8-5-14-11/h11,14H,3-10H2,1-2H3,(H,15,17). The van der Waals surface area contributed by atoms with Crippen molar-refractivity contribution in [3.05, 3.63) is 0 Å². The van der Waals surface area contributed by atoms with E-state index in [9.17, 15) is 4.79 Å². The smallest absolute Gasteiger partial charge is 0.239 e. The summed E-state index contributed by atoms with van der Waals surface area (Å²) in [6, 6.07) is -0.173.